The monoisotopic (exact) mass is 252 g/mol. The Hall–Kier alpha value is -1.82. The lowest BCUT2D eigenvalue weighted by molar-refractivity contribution is 0.0702. The number of aromatic carboxylic acids is 1. The van der Waals surface area contributed by atoms with E-state index in [4.69, 9.17) is 9.84 Å². The van der Waals surface area contributed by atoms with Gasteiger partial charge >= 0.3 is 5.97 Å². The molecule has 5 nitrogen and oxygen atoms in total. The highest BCUT2D eigenvalue weighted by Crippen LogP contribution is 2.22. The van der Waals surface area contributed by atoms with Crippen LogP contribution in [0.2, 0.25) is 0 Å². The van der Waals surface area contributed by atoms with Crippen LogP contribution in [0.25, 0.3) is 0 Å². The van der Waals surface area contributed by atoms with Gasteiger partial charge in [-0.25, -0.2) is 4.79 Å². The Morgan fingerprint density at radius 3 is 3.06 bits per heavy atom. The van der Waals surface area contributed by atoms with Gasteiger partial charge in [0.25, 0.3) is 0 Å². The first-order valence-electron chi connectivity index (χ1n) is 5.15. The molecular weight excluding hydrogens is 240 g/mol. The van der Waals surface area contributed by atoms with E-state index >= 15 is 0 Å². The van der Waals surface area contributed by atoms with Crippen molar-refractivity contribution in [3.63, 3.8) is 0 Å². The maximum atomic E-state index is 10.7. The number of aromatic nitrogens is 2. The highest BCUT2D eigenvalue weighted by atomic mass is 32.1. The lowest BCUT2D eigenvalue weighted by Gasteiger charge is -2.00. The van der Waals surface area contributed by atoms with E-state index in [0.29, 0.717) is 12.4 Å². The van der Waals surface area contributed by atoms with Gasteiger partial charge in [-0.05, 0) is 6.92 Å². The molecule has 1 N–H and O–H groups in total. The van der Waals surface area contributed by atoms with E-state index in [1.54, 1.807) is 11.6 Å². The highest BCUT2D eigenvalue weighted by molar-refractivity contribution is 7.12. The van der Waals surface area contributed by atoms with Crippen LogP contribution in [0.15, 0.2) is 23.8 Å². The van der Waals surface area contributed by atoms with Gasteiger partial charge in [0.2, 0.25) is 0 Å². The first kappa shape index (κ1) is 11.7. The first-order chi connectivity index (χ1) is 8.19. The van der Waals surface area contributed by atoms with Crippen molar-refractivity contribution in [3.8, 4) is 5.75 Å². The second kappa shape index (κ2) is 5.01. The Morgan fingerprint density at radius 2 is 2.47 bits per heavy atom. The minimum atomic E-state index is -0.927. The molecule has 0 saturated carbocycles. The predicted molar refractivity (Wildman–Crippen MR) is 63.5 cm³/mol. The molecule has 2 rings (SSSR count). The quantitative estimate of drug-likeness (QED) is 0.886. The second-order valence-electron chi connectivity index (χ2n) is 3.44. The fraction of sp³-hybridized carbons (Fsp3) is 0.273. The summed E-state index contributed by atoms with van der Waals surface area (Å²) in [5.74, 6) is -0.347. The number of hydrogen-bond acceptors (Lipinski definition) is 4. The zero-order valence-electron chi connectivity index (χ0n) is 9.29. The molecule has 17 heavy (non-hydrogen) atoms. The third kappa shape index (κ3) is 2.85. The van der Waals surface area contributed by atoms with Gasteiger partial charge in [0.15, 0.2) is 0 Å². The Balaban J connectivity index is 1.94. The van der Waals surface area contributed by atoms with E-state index in [0.717, 1.165) is 23.4 Å². The normalized spacial score (nSPS) is 10.4. The number of ether oxygens (including phenoxy) is 1. The van der Waals surface area contributed by atoms with Crippen molar-refractivity contribution in [2.45, 2.75) is 20.1 Å². The predicted octanol–water partition coefficient (Wildman–Crippen LogP) is 2.24. The summed E-state index contributed by atoms with van der Waals surface area (Å²) in [6, 6.07) is 1.53. The number of carboxylic acid groups (broad SMARTS) is 1. The molecule has 0 saturated heterocycles. The summed E-state index contributed by atoms with van der Waals surface area (Å²) in [7, 11) is 0. The minimum absolute atomic E-state index is 0.282. The number of thiophene rings is 1. The van der Waals surface area contributed by atoms with Crippen LogP contribution in [0.4, 0.5) is 0 Å². The minimum Gasteiger partial charge on any atom is -0.488 e. The summed E-state index contributed by atoms with van der Waals surface area (Å²) in [6.07, 6.45) is 3.65. The van der Waals surface area contributed by atoms with Gasteiger partial charge in [0.1, 0.15) is 17.2 Å². The van der Waals surface area contributed by atoms with Crippen molar-refractivity contribution in [2.75, 3.05) is 0 Å². The fourth-order valence-corrected chi connectivity index (χ4v) is 1.99. The first-order valence-corrected chi connectivity index (χ1v) is 6.03. The van der Waals surface area contributed by atoms with Crippen LogP contribution < -0.4 is 4.74 Å². The highest BCUT2D eigenvalue weighted by Gasteiger charge is 2.07. The molecule has 0 spiro atoms. The molecule has 0 aliphatic heterocycles. The molecule has 2 aromatic heterocycles. The van der Waals surface area contributed by atoms with Crippen LogP contribution in [0.5, 0.6) is 5.75 Å². The molecular formula is C11H12N2O3S. The van der Waals surface area contributed by atoms with E-state index in [1.807, 2.05) is 17.8 Å². The summed E-state index contributed by atoms with van der Waals surface area (Å²) in [6.45, 7) is 3.23. The van der Waals surface area contributed by atoms with E-state index in [-0.39, 0.29) is 4.88 Å². The molecule has 0 radical (unpaired) electrons. The van der Waals surface area contributed by atoms with Crippen LogP contribution in [0.1, 0.15) is 22.2 Å². The number of aryl methyl sites for hydroxylation is 1. The third-order valence-electron chi connectivity index (χ3n) is 2.20. The Kier molecular flexibility index (Phi) is 3.43. The van der Waals surface area contributed by atoms with Crippen molar-refractivity contribution >= 4 is 17.3 Å². The molecule has 0 aliphatic rings. The zero-order valence-corrected chi connectivity index (χ0v) is 10.1. The fourth-order valence-electron chi connectivity index (χ4n) is 1.33. The molecule has 0 bridgehead atoms. The summed E-state index contributed by atoms with van der Waals surface area (Å²) in [4.78, 5) is 11.0. The van der Waals surface area contributed by atoms with Crippen LogP contribution in [-0.2, 0) is 13.2 Å². The molecule has 2 heterocycles. The standard InChI is InChI=1S/C11H12N2O3S/c1-2-13-5-8(4-12-13)6-16-9-3-10(11(14)15)17-7-9/h3-5,7H,2,6H2,1H3,(H,14,15). The molecule has 6 heteroatoms. The molecule has 0 amide bonds. The summed E-state index contributed by atoms with van der Waals surface area (Å²) in [5, 5.41) is 14.6. The molecule has 0 aliphatic carbocycles. The van der Waals surface area contributed by atoms with Crippen molar-refractivity contribution in [3.05, 3.63) is 34.3 Å². The summed E-state index contributed by atoms with van der Waals surface area (Å²) in [5.41, 5.74) is 0.968. The van der Waals surface area contributed by atoms with Gasteiger partial charge in [-0.1, -0.05) is 0 Å². The van der Waals surface area contributed by atoms with Gasteiger partial charge in [-0.2, -0.15) is 5.10 Å². The smallest absolute Gasteiger partial charge is 0.346 e. The largest absolute Gasteiger partial charge is 0.488 e. The van der Waals surface area contributed by atoms with Crippen LogP contribution >= 0.6 is 11.3 Å². The number of hydrogen-bond donors (Lipinski definition) is 1. The summed E-state index contributed by atoms with van der Waals surface area (Å²) >= 11 is 1.16. The van der Waals surface area contributed by atoms with Crippen molar-refractivity contribution < 1.29 is 14.6 Å². The molecule has 0 fully saturated rings. The van der Waals surface area contributed by atoms with Crippen LogP contribution in [0, 0.1) is 0 Å². The average molecular weight is 252 g/mol. The number of rotatable bonds is 5. The van der Waals surface area contributed by atoms with Crippen molar-refractivity contribution in [2.24, 2.45) is 0 Å². The number of carbonyl (C=O) groups is 1. The molecule has 0 atom stereocenters. The van der Waals surface area contributed by atoms with E-state index in [2.05, 4.69) is 5.10 Å². The number of carboxylic acids is 1. The van der Waals surface area contributed by atoms with Crippen molar-refractivity contribution in [1.82, 2.24) is 9.78 Å². The Labute approximate surface area is 102 Å². The number of nitrogens with zero attached hydrogens (tertiary/aromatic N) is 2. The van der Waals surface area contributed by atoms with Gasteiger partial charge in [-0.15, -0.1) is 11.3 Å². The zero-order chi connectivity index (χ0) is 12.3. The van der Waals surface area contributed by atoms with E-state index < -0.39 is 5.97 Å². The molecule has 0 aromatic carbocycles. The molecule has 2 aromatic rings. The van der Waals surface area contributed by atoms with Crippen molar-refractivity contribution in [1.29, 1.82) is 0 Å². The van der Waals surface area contributed by atoms with Crippen LogP contribution in [0.3, 0.4) is 0 Å². The summed E-state index contributed by atoms with van der Waals surface area (Å²) < 4.78 is 7.29. The topological polar surface area (TPSA) is 64.3 Å². The maximum Gasteiger partial charge on any atom is 0.346 e. The average Bonchev–Trinajstić information content (AvgIpc) is 2.95. The molecule has 0 unspecified atom stereocenters. The lowest BCUT2D eigenvalue weighted by Crippen LogP contribution is -1.95. The van der Waals surface area contributed by atoms with E-state index in [9.17, 15) is 4.79 Å². The second-order valence-corrected chi connectivity index (χ2v) is 4.36. The Bertz CT molecular complexity index is 518. The van der Waals surface area contributed by atoms with Gasteiger partial charge in [-0.3, -0.25) is 4.68 Å². The van der Waals surface area contributed by atoms with Gasteiger partial charge < -0.3 is 9.84 Å². The van der Waals surface area contributed by atoms with Crippen LogP contribution in [-0.4, -0.2) is 20.9 Å². The maximum absolute atomic E-state index is 10.7. The Morgan fingerprint density at radius 1 is 1.65 bits per heavy atom. The van der Waals surface area contributed by atoms with Gasteiger partial charge in [0.05, 0.1) is 6.20 Å². The molecule has 90 valence electrons. The van der Waals surface area contributed by atoms with E-state index in [1.165, 1.54) is 6.07 Å². The lowest BCUT2D eigenvalue weighted by atomic mass is 10.4. The van der Waals surface area contributed by atoms with Gasteiger partial charge in [0, 0.05) is 29.8 Å². The third-order valence-corrected chi connectivity index (χ3v) is 3.10. The SMILES string of the molecule is CCn1cc(COc2csc(C(=O)O)c2)cn1.